The van der Waals surface area contributed by atoms with E-state index in [0.29, 0.717) is 39.1 Å². The van der Waals surface area contributed by atoms with E-state index < -0.39 is 66.7 Å². The third kappa shape index (κ3) is 7.01. The van der Waals surface area contributed by atoms with Crippen molar-refractivity contribution in [1.82, 2.24) is 25.3 Å². The standard InChI is InChI=1S/C35H40F4N6O6/c36-24-11-23-26(45-15-28(35(37,38)39)50-18-29(45)46)13-34(6-9-44(10-7-34)22-16-49-17-22)51-27(23)12-25(24)42-33(48)31(30(19-1-2-19)20-3-4-20)43-32(47)21-5-8-40-41-14-21/h5,8,11-12,14,19-20,22,26,28,30-31H,1-4,6-7,9-10,13,15-18H2,(H,42,48)(H,43,47)/t26?,28?,31-/m0/s1. The number of morpholine rings is 1. The second-order valence-corrected chi connectivity index (χ2v) is 14.8. The molecule has 2 N–H and O–H groups in total. The van der Waals surface area contributed by atoms with Crippen molar-refractivity contribution in [1.29, 1.82) is 0 Å². The molecule has 3 atom stereocenters. The maximum Gasteiger partial charge on any atom is 0.416 e. The second-order valence-electron chi connectivity index (χ2n) is 14.8. The number of carbonyl (C=O) groups excluding carboxylic acids is 3. The molecule has 274 valence electrons. The van der Waals surface area contributed by atoms with Crippen LogP contribution in [0.5, 0.6) is 5.75 Å². The lowest BCUT2D eigenvalue weighted by molar-refractivity contribution is -0.238. The molecule has 1 spiro atoms. The number of piperidine rings is 1. The zero-order valence-electron chi connectivity index (χ0n) is 27.9. The summed E-state index contributed by atoms with van der Waals surface area (Å²) in [5, 5.41) is 13.1. The number of halogens is 4. The summed E-state index contributed by atoms with van der Waals surface area (Å²) >= 11 is 0. The van der Waals surface area contributed by atoms with Crippen molar-refractivity contribution in [2.45, 2.75) is 81.0 Å². The van der Waals surface area contributed by atoms with Crippen LogP contribution in [0, 0.1) is 23.6 Å². The van der Waals surface area contributed by atoms with Crippen LogP contribution < -0.4 is 15.4 Å². The highest BCUT2D eigenvalue weighted by Gasteiger charge is 2.52. The van der Waals surface area contributed by atoms with Crippen LogP contribution in [0.25, 0.3) is 0 Å². The Morgan fingerprint density at radius 3 is 2.37 bits per heavy atom. The number of benzene rings is 1. The number of aromatic nitrogens is 2. The molecule has 2 unspecified atom stereocenters. The van der Waals surface area contributed by atoms with Crippen LogP contribution in [0.3, 0.4) is 0 Å². The minimum Gasteiger partial charge on any atom is -0.487 e. The van der Waals surface area contributed by atoms with Gasteiger partial charge in [-0.15, -0.1) is 0 Å². The van der Waals surface area contributed by atoms with Crippen LogP contribution in [0.4, 0.5) is 23.2 Å². The highest BCUT2D eigenvalue weighted by molar-refractivity contribution is 6.01. The fourth-order valence-corrected chi connectivity index (χ4v) is 8.24. The minimum atomic E-state index is -4.70. The molecule has 0 radical (unpaired) electrons. The number of fused-ring (bicyclic) bond motifs is 1. The summed E-state index contributed by atoms with van der Waals surface area (Å²) in [6.07, 6.45) is 0.785. The normalized spacial score (nSPS) is 25.9. The molecular weight excluding hydrogens is 676 g/mol. The Kier molecular flexibility index (Phi) is 8.90. The van der Waals surface area contributed by atoms with Crippen molar-refractivity contribution < 1.29 is 46.2 Å². The van der Waals surface area contributed by atoms with Gasteiger partial charge in [0.05, 0.1) is 55.5 Å². The molecule has 6 aliphatic rings. The summed E-state index contributed by atoms with van der Waals surface area (Å²) in [5.41, 5.74) is -0.567. The number of amides is 3. The Bertz CT molecular complexity index is 1650. The van der Waals surface area contributed by atoms with Gasteiger partial charge in [-0.3, -0.25) is 19.3 Å². The van der Waals surface area contributed by atoms with E-state index in [0.717, 1.165) is 36.6 Å². The molecular formula is C35H40F4N6O6. The smallest absolute Gasteiger partial charge is 0.416 e. The fraction of sp³-hybridized carbons (Fsp3) is 0.629. The van der Waals surface area contributed by atoms with Crippen LogP contribution in [-0.2, 0) is 19.1 Å². The number of carbonyl (C=O) groups is 3. The zero-order chi connectivity index (χ0) is 35.5. The number of nitrogens with zero attached hydrogens (tertiary/aromatic N) is 4. The topological polar surface area (TPSA) is 135 Å². The average molecular weight is 717 g/mol. The van der Waals surface area contributed by atoms with E-state index in [2.05, 4.69) is 25.7 Å². The van der Waals surface area contributed by atoms with Crippen LogP contribution in [0.2, 0.25) is 0 Å². The minimum absolute atomic E-state index is 0.131. The van der Waals surface area contributed by atoms with E-state index in [1.54, 1.807) is 0 Å². The Morgan fingerprint density at radius 1 is 1.04 bits per heavy atom. The highest BCUT2D eigenvalue weighted by Crippen LogP contribution is 2.52. The number of nitrogens with one attached hydrogen (secondary N) is 2. The van der Waals surface area contributed by atoms with Crippen LogP contribution >= 0.6 is 0 Å². The molecule has 3 amide bonds. The molecule has 5 fully saturated rings. The molecule has 12 nitrogen and oxygen atoms in total. The monoisotopic (exact) mass is 716 g/mol. The number of alkyl halides is 3. The van der Waals surface area contributed by atoms with Crippen LogP contribution in [-0.4, -0.2) is 107 Å². The molecule has 1 aromatic carbocycles. The number of ether oxygens (including phenoxy) is 3. The van der Waals surface area contributed by atoms with Gasteiger partial charge in [-0.1, -0.05) is 0 Å². The second kappa shape index (κ2) is 13.3. The van der Waals surface area contributed by atoms with Gasteiger partial charge in [0.1, 0.15) is 29.8 Å². The lowest BCUT2D eigenvalue weighted by Gasteiger charge is -2.51. The van der Waals surface area contributed by atoms with E-state index in [1.807, 2.05) is 0 Å². The van der Waals surface area contributed by atoms with Gasteiger partial charge in [0.2, 0.25) is 11.8 Å². The highest BCUT2D eigenvalue weighted by atomic mass is 19.4. The Balaban J connectivity index is 1.09. The maximum atomic E-state index is 16.1. The van der Waals surface area contributed by atoms with Gasteiger partial charge >= 0.3 is 6.18 Å². The molecule has 2 aliphatic carbocycles. The predicted molar refractivity (Wildman–Crippen MR) is 171 cm³/mol. The summed E-state index contributed by atoms with van der Waals surface area (Å²) < 4.78 is 74.4. The third-order valence-corrected chi connectivity index (χ3v) is 11.4. The maximum absolute atomic E-state index is 16.1. The Labute approximate surface area is 291 Å². The van der Waals surface area contributed by atoms with Crippen molar-refractivity contribution in [3.63, 3.8) is 0 Å². The molecule has 3 saturated heterocycles. The van der Waals surface area contributed by atoms with Crippen molar-refractivity contribution >= 4 is 23.4 Å². The van der Waals surface area contributed by atoms with E-state index in [9.17, 15) is 27.6 Å². The largest absolute Gasteiger partial charge is 0.487 e. The number of anilines is 1. The molecule has 51 heavy (non-hydrogen) atoms. The van der Waals surface area contributed by atoms with E-state index >= 15 is 4.39 Å². The molecule has 1 aromatic heterocycles. The third-order valence-electron chi connectivity index (χ3n) is 11.4. The number of likely N-dealkylation sites (tertiary alicyclic amines) is 1. The van der Waals surface area contributed by atoms with Crippen molar-refractivity contribution in [2.75, 3.05) is 44.8 Å². The van der Waals surface area contributed by atoms with E-state index in [1.165, 1.54) is 24.5 Å². The molecule has 16 heteroatoms. The van der Waals surface area contributed by atoms with Gasteiger partial charge in [-0.05, 0) is 68.4 Å². The van der Waals surface area contributed by atoms with Crippen LogP contribution in [0.15, 0.2) is 30.6 Å². The van der Waals surface area contributed by atoms with Gasteiger partial charge in [0.15, 0.2) is 6.10 Å². The SMILES string of the molecule is O=C(N[C@H](C(=O)Nc1cc2c(cc1F)C(N1CC(C(F)(F)F)OCC1=O)CC1(CCN(C3COC3)CC1)O2)C(C1CC1)C1CC1)c1ccnnc1. The van der Waals surface area contributed by atoms with Gasteiger partial charge in [-0.2, -0.15) is 23.4 Å². The van der Waals surface area contributed by atoms with E-state index in [-0.39, 0.29) is 52.8 Å². The summed E-state index contributed by atoms with van der Waals surface area (Å²) in [5.74, 6) is -1.97. The number of hydrogen-bond donors (Lipinski definition) is 2. The molecule has 5 heterocycles. The predicted octanol–water partition coefficient (Wildman–Crippen LogP) is 3.64. The molecule has 0 bridgehead atoms. The van der Waals surface area contributed by atoms with Crippen molar-refractivity contribution in [3.05, 3.63) is 47.5 Å². The van der Waals surface area contributed by atoms with Gasteiger partial charge in [-0.25, -0.2) is 4.39 Å². The van der Waals surface area contributed by atoms with Gasteiger partial charge < -0.3 is 29.7 Å². The summed E-state index contributed by atoms with van der Waals surface area (Å²) in [6, 6.07) is 2.42. The van der Waals surface area contributed by atoms with Crippen molar-refractivity contribution in [2.24, 2.45) is 17.8 Å². The summed E-state index contributed by atoms with van der Waals surface area (Å²) in [4.78, 5) is 43.9. The average Bonchev–Trinajstić information content (AvgIpc) is 4.02. The fourth-order valence-electron chi connectivity index (χ4n) is 8.24. The summed E-state index contributed by atoms with van der Waals surface area (Å²) in [6.45, 7) is 1.09. The van der Waals surface area contributed by atoms with Crippen molar-refractivity contribution in [3.8, 4) is 5.75 Å². The lowest BCUT2D eigenvalue weighted by Crippen LogP contribution is -2.59. The van der Waals surface area contributed by atoms with Crippen LogP contribution in [0.1, 0.15) is 66.9 Å². The number of hydrogen-bond acceptors (Lipinski definition) is 9. The first-order valence-electron chi connectivity index (χ1n) is 17.7. The molecule has 4 aliphatic heterocycles. The van der Waals surface area contributed by atoms with Gasteiger partial charge in [0, 0.05) is 31.1 Å². The first kappa shape index (κ1) is 34.2. The van der Waals surface area contributed by atoms with Gasteiger partial charge in [0.25, 0.3) is 5.91 Å². The first-order valence-corrected chi connectivity index (χ1v) is 17.7. The lowest BCUT2D eigenvalue weighted by atomic mass is 9.79. The number of rotatable bonds is 9. The summed E-state index contributed by atoms with van der Waals surface area (Å²) in [7, 11) is 0. The molecule has 2 saturated carbocycles. The first-order chi connectivity index (χ1) is 24.5. The Hall–Kier alpha value is -3.89. The zero-order valence-corrected chi connectivity index (χ0v) is 27.9. The Morgan fingerprint density at radius 2 is 1.76 bits per heavy atom. The molecule has 2 aromatic rings. The molecule has 8 rings (SSSR count). The quantitative estimate of drug-likeness (QED) is 0.373. The van der Waals surface area contributed by atoms with E-state index in [4.69, 9.17) is 14.2 Å².